The molecule has 1 saturated carbocycles. The molecule has 1 aliphatic heterocycles. The molecule has 0 saturated heterocycles. The SMILES string of the molecule is CN1C(=O)C(C)(C)CN(C2CCCC2)c2ncncc21. The molecule has 0 aromatic carbocycles. The van der Waals surface area contributed by atoms with Crippen molar-refractivity contribution in [3.8, 4) is 0 Å². The first kappa shape index (κ1) is 13.3. The Balaban J connectivity index is 2.08. The molecule has 2 aliphatic rings. The van der Waals surface area contributed by atoms with Crippen LogP contribution in [0.4, 0.5) is 11.5 Å². The van der Waals surface area contributed by atoms with Gasteiger partial charge in [0.05, 0.1) is 11.6 Å². The predicted molar refractivity (Wildman–Crippen MR) is 78.8 cm³/mol. The average molecular weight is 274 g/mol. The molecule has 0 unspecified atom stereocenters. The third-order valence-electron chi connectivity index (χ3n) is 4.52. The van der Waals surface area contributed by atoms with E-state index in [9.17, 15) is 4.79 Å². The lowest BCUT2D eigenvalue weighted by molar-refractivity contribution is -0.125. The predicted octanol–water partition coefficient (Wildman–Crippen LogP) is 2.23. The van der Waals surface area contributed by atoms with E-state index in [0.717, 1.165) is 18.1 Å². The van der Waals surface area contributed by atoms with Crippen LogP contribution in [0.2, 0.25) is 0 Å². The van der Waals surface area contributed by atoms with Crippen LogP contribution in [0.15, 0.2) is 12.5 Å². The fraction of sp³-hybridized carbons (Fsp3) is 0.667. The van der Waals surface area contributed by atoms with E-state index in [-0.39, 0.29) is 5.91 Å². The summed E-state index contributed by atoms with van der Waals surface area (Å²) in [4.78, 5) is 25.3. The number of aromatic nitrogens is 2. The summed E-state index contributed by atoms with van der Waals surface area (Å²) >= 11 is 0. The number of hydrogen-bond acceptors (Lipinski definition) is 4. The van der Waals surface area contributed by atoms with Gasteiger partial charge < -0.3 is 9.80 Å². The summed E-state index contributed by atoms with van der Waals surface area (Å²) in [6, 6.07) is 0.502. The Labute approximate surface area is 120 Å². The standard InChI is InChI=1S/C15H22N4O/c1-15(2)9-19(11-6-4-5-7-11)13-12(8-16-10-17-13)18(3)14(15)20/h8,10-11H,4-7,9H2,1-3H3. The molecule has 0 N–H and O–H groups in total. The Morgan fingerprint density at radius 1 is 1.30 bits per heavy atom. The molecular formula is C15H22N4O. The van der Waals surface area contributed by atoms with Gasteiger partial charge in [-0.2, -0.15) is 0 Å². The molecule has 1 fully saturated rings. The number of hydrogen-bond donors (Lipinski definition) is 0. The average Bonchev–Trinajstić information content (AvgIpc) is 2.95. The molecule has 3 rings (SSSR count). The van der Waals surface area contributed by atoms with Crippen molar-refractivity contribution < 1.29 is 4.79 Å². The van der Waals surface area contributed by atoms with E-state index in [1.54, 1.807) is 17.4 Å². The van der Waals surface area contributed by atoms with Gasteiger partial charge in [0.25, 0.3) is 0 Å². The van der Waals surface area contributed by atoms with Crippen molar-refractivity contribution in [3.05, 3.63) is 12.5 Å². The van der Waals surface area contributed by atoms with Crippen molar-refractivity contribution in [2.75, 3.05) is 23.4 Å². The second-order valence-corrected chi connectivity index (χ2v) is 6.55. The Kier molecular flexibility index (Phi) is 3.15. The van der Waals surface area contributed by atoms with E-state index >= 15 is 0 Å². The number of anilines is 2. The summed E-state index contributed by atoms with van der Waals surface area (Å²) < 4.78 is 0. The Morgan fingerprint density at radius 3 is 2.70 bits per heavy atom. The molecule has 0 radical (unpaired) electrons. The zero-order valence-electron chi connectivity index (χ0n) is 12.5. The molecule has 1 amide bonds. The number of fused-ring (bicyclic) bond motifs is 1. The van der Waals surface area contributed by atoms with E-state index in [0.29, 0.717) is 6.04 Å². The zero-order valence-corrected chi connectivity index (χ0v) is 12.5. The van der Waals surface area contributed by atoms with Crippen molar-refractivity contribution in [2.45, 2.75) is 45.6 Å². The smallest absolute Gasteiger partial charge is 0.234 e. The third-order valence-corrected chi connectivity index (χ3v) is 4.52. The Bertz CT molecular complexity index is 522. The van der Waals surface area contributed by atoms with Gasteiger partial charge in [-0.1, -0.05) is 12.8 Å². The minimum Gasteiger partial charge on any atom is -0.351 e. The van der Waals surface area contributed by atoms with Gasteiger partial charge in [-0.3, -0.25) is 4.79 Å². The van der Waals surface area contributed by atoms with Crippen molar-refractivity contribution in [2.24, 2.45) is 5.41 Å². The van der Waals surface area contributed by atoms with Crippen LogP contribution < -0.4 is 9.80 Å². The first-order valence-corrected chi connectivity index (χ1v) is 7.35. The highest BCUT2D eigenvalue weighted by atomic mass is 16.2. The molecule has 2 heterocycles. The highest BCUT2D eigenvalue weighted by Gasteiger charge is 2.41. The van der Waals surface area contributed by atoms with Crippen molar-refractivity contribution in [1.82, 2.24) is 9.97 Å². The maximum Gasteiger partial charge on any atom is 0.234 e. The van der Waals surface area contributed by atoms with E-state index in [1.807, 2.05) is 20.9 Å². The summed E-state index contributed by atoms with van der Waals surface area (Å²) in [5.74, 6) is 1.04. The normalized spacial score (nSPS) is 22.9. The van der Waals surface area contributed by atoms with Crippen LogP contribution in [0.25, 0.3) is 0 Å². The number of rotatable bonds is 1. The number of amides is 1. The van der Waals surface area contributed by atoms with E-state index in [2.05, 4.69) is 14.9 Å². The summed E-state index contributed by atoms with van der Waals surface area (Å²) in [5.41, 5.74) is 0.424. The first-order valence-electron chi connectivity index (χ1n) is 7.35. The van der Waals surface area contributed by atoms with Gasteiger partial charge in [0.1, 0.15) is 12.0 Å². The minimum absolute atomic E-state index is 0.133. The van der Waals surface area contributed by atoms with Crippen LogP contribution in [0, 0.1) is 5.41 Å². The summed E-state index contributed by atoms with van der Waals surface area (Å²) in [7, 11) is 1.82. The molecule has 0 atom stereocenters. The molecular weight excluding hydrogens is 252 g/mol. The summed E-state index contributed by atoms with van der Waals surface area (Å²) in [6.07, 6.45) is 8.26. The van der Waals surface area contributed by atoms with Crippen LogP contribution in [0.1, 0.15) is 39.5 Å². The highest BCUT2D eigenvalue weighted by molar-refractivity contribution is 6.00. The molecule has 5 nitrogen and oxygen atoms in total. The quantitative estimate of drug-likeness (QED) is 0.788. The molecule has 0 bridgehead atoms. The van der Waals surface area contributed by atoms with E-state index < -0.39 is 5.41 Å². The minimum atomic E-state index is -0.405. The van der Waals surface area contributed by atoms with Gasteiger partial charge in [0.15, 0.2) is 5.82 Å². The van der Waals surface area contributed by atoms with Gasteiger partial charge in [0.2, 0.25) is 5.91 Å². The van der Waals surface area contributed by atoms with Gasteiger partial charge in [-0.25, -0.2) is 9.97 Å². The van der Waals surface area contributed by atoms with Gasteiger partial charge in [-0.05, 0) is 26.7 Å². The summed E-state index contributed by atoms with van der Waals surface area (Å²) in [6.45, 7) is 4.77. The van der Waals surface area contributed by atoms with Gasteiger partial charge >= 0.3 is 0 Å². The van der Waals surface area contributed by atoms with Crippen LogP contribution in [0.3, 0.4) is 0 Å². The van der Waals surface area contributed by atoms with Crippen LogP contribution in [-0.2, 0) is 4.79 Å². The zero-order chi connectivity index (χ0) is 14.3. The van der Waals surface area contributed by atoms with E-state index in [4.69, 9.17) is 0 Å². The highest BCUT2D eigenvalue weighted by Crippen LogP contribution is 2.39. The van der Waals surface area contributed by atoms with Crippen molar-refractivity contribution in [3.63, 3.8) is 0 Å². The molecule has 1 aliphatic carbocycles. The lowest BCUT2D eigenvalue weighted by atomic mass is 9.91. The number of carbonyl (C=O) groups excluding carboxylic acids is 1. The maximum atomic E-state index is 12.6. The van der Waals surface area contributed by atoms with Gasteiger partial charge in [-0.15, -0.1) is 0 Å². The molecule has 0 spiro atoms. The Morgan fingerprint density at radius 2 is 2.00 bits per heavy atom. The fourth-order valence-electron chi connectivity index (χ4n) is 3.42. The lowest BCUT2D eigenvalue weighted by Gasteiger charge is -2.33. The van der Waals surface area contributed by atoms with Crippen molar-refractivity contribution >= 4 is 17.4 Å². The third kappa shape index (κ3) is 2.05. The topological polar surface area (TPSA) is 49.3 Å². The molecule has 5 heteroatoms. The fourth-order valence-corrected chi connectivity index (χ4v) is 3.42. The molecule has 1 aromatic heterocycles. The molecule has 20 heavy (non-hydrogen) atoms. The first-order chi connectivity index (χ1) is 9.50. The van der Waals surface area contributed by atoms with E-state index in [1.165, 1.54) is 25.7 Å². The van der Waals surface area contributed by atoms with Crippen LogP contribution in [-0.4, -0.2) is 35.5 Å². The van der Waals surface area contributed by atoms with Crippen LogP contribution >= 0.6 is 0 Å². The molecule has 1 aromatic rings. The second kappa shape index (κ2) is 4.72. The number of nitrogens with zero attached hydrogens (tertiary/aromatic N) is 4. The number of carbonyl (C=O) groups is 1. The molecule has 108 valence electrons. The summed E-state index contributed by atoms with van der Waals surface area (Å²) in [5, 5.41) is 0. The second-order valence-electron chi connectivity index (χ2n) is 6.55. The Hall–Kier alpha value is -1.65. The van der Waals surface area contributed by atoms with Crippen molar-refractivity contribution in [1.29, 1.82) is 0 Å². The van der Waals surface area contributed by atoms with Gasteiger partial charge in [0, 0.05) is 19.6 Å². The van der Waals surface area contributed by atoms with Crippen LogP contribution in [0.5, 0.6) is 0 Å². The maximum absolute atomic E-state index is 12.6. The monoisotopic (exact) mass is 274 g/mol. The largest absolute Gasteiger partial charge is 0.351 e. The lowest BCUT2D eigenvalue weighted by Crippen LogP contribution is -2.45.